The number of esters is 1. The minimum atomic E-state index is -0.437. The van der Waals surface area contributed by atoms with Gasteiger partial charge in [-0.2, -0.15) is 4.98 Å². The second-order valence-corrected chi connectivity index (χ2v) is 8.09. The molecule has 0 radical (unpaired) electrons. The lowest BCUT2D eigenvalue weighted by molar-refractivity contribution is 0.0344. The van der Waals surface area contributed by atoms with Crippen LogP contribution in [0.5, 0.6) is 5.75 Å². The Hall–Kier alpha value is -2.54. The number of benzene rings is 1. The molecular formula is C22H27N3O4. The Morgan fingerprint density at radius 1 is 1.24 bits per heavy atom. The van der Waals surface area contributed by atoms with Gasteiger partial charge in [-0.25, -0.2) is 4.79 Å². The molecule has 2 bridgehead atoms. The monoisotopic (exact) mass is 397 g/mol. The van der Waals surface area contributed by atoms with E-state index in [9.17, 15) is 4.79 Å². The lowest BCUT2D eigenvalue weighted by atomic mass is 9.75. The molecule has 4 fully saturated rings. The van der Waals surface area contributed by atoms with E-state index in [0.717, 1.165) is 25.4 Å². The molecule has 1 aromatic heterocycles. The van der Waals surface area contributed by atoms with Gasteiger partial charge in [-0.15, -0.1) is 0 Å². The predicted octanol–water partition coefficient (Wildman–Crippen LogP) is 2.93. The molecule has 7 heteroatoms. The van der Waals surface area contributed by atoms with Gasteiger partial charge in [-0.05, 0) is 44.8 Å². The smallest absolute Gasteiger partial charge is 0.360 e. The number of oxazole rings is 1. The van der Waals surface area contributed by atoms with Crippen molar-refractivity contribution in [3.8, 4) is 5.75 Å². The topological polar surface area (TPSA) is 68.0 Å². The predicted molar refractivity (Wildman–Crippen MR) is 107 cm³/mol. The molecular weight excluding hydrogens is 370 g/mol. The number of rotatable bonds is 5. The van der Waals surface area contributed by atoms with Crippen molar-refractivity contribution in [2.45, 2.75) is 37.8 Å². The zero-order valence-corrected chi connectivity index (χ0v) is 16.9. The molecule has 0 N–H and O–H groups in total. The van der Waals surface area contributed by atoms with Crippen LogP contribution < -0.4 is 9.64 Å². The maximum absolute atomic E-state index is 12.1. The molecule has 0 saturated carbocycles. The number of carbonyl (C=O) groups is 1. The van der Waals surface area contributed by atoms with Crippen molar-refractivity contribution >= 4 is 12.0 Å². The first-order chi connectivity index (χ1) is 14.2. The molecule has 1 aromatic carbocycles. The van der Waals surface area contributed by atoms with Crippen LogP contribution in [0, 0.1) is 5.92 Å². The molecule has 3 atom stereocenters. The van der Waals surface area contributed by atoms with Crippen molar-refractivity contribution in [3.05, 3.63) is 41.8 Å². The van der Waals surface area contributed by atoms with Gasteiger partial charge < -0.3 is 18.8 Å². The number of aromatic nitrogens is 1. The fourth-order valence-corrected chi connectivity index (χ4v) is 5.58. The highest BCUT2D eigenvalue weighted by molar-refractivity contribution is 5.87. The van der Waals surface area contributed by atoms with Crippen LogP contribution in [-0.2, 0) is 4.74 Å². The summed E-state index contributed by atoms with van der Waals surface area (Å²) in [6, 6.07) is 9.56. The highest BCUT2D eigenvalue weighted by Crippen LogP contribution is 2.49. The summed E-state index contributed by atoms with van der Waals surface area (Å²) in [6.07, 6.45) is 3.81. The highest BCUT2D eigenvalue weighted by atomic mass is 16.5. The Morgan fingerprint density at radius 3 is 2.79 bits per heavy atom. The van der Waals surface area contributed by atoms with Gasteiger partial charge in [-0.1, -0.05) is 18.2 Å². The number of methoxy groups -OCH3 is 1. The minimum Gasteiger partial charge on any atom is -0.496 e. The lowest BCUT2D eigenvalue weighted by Crippen LogP contribution is -2.60. The first-order valence-electron chi connectivity index (χ1n) is 10.5. The number of ether oxygens (including phenoxy) is 2. The van der Waals surface area contributed by atoms with E-state index in [2.05, 4.69) is 26.9 Å². The van der Waals surface area contributed by atoms with Gasteiger partial charge in [-0.3, -0.25) is 4.90 Å². The van der Waals surface area contributed by atoms with Gasteiger partial charge in [0.05, 0.1) is 19.8 Å². The number of fused-ring (bicyclic) bond motifs is 2. The quantitative estimate of drug-likeness (QED) is 0.719. The summed E-state index contributed by atoms with van der Waals surface area (Å²) in [7, 11) is 1.73. The van der Waals surface area contributed by atoms with E-state index in [-0.39, 0.29) is 5.69 Å². The van der Waals surface area contributed by atoms with E-state index in [4.69, 9.17) is 13.9 Å². The third kappa shape index (κ3) is 2.99. The van der Waals surface area contributed by atoms with Crippen LogP contribution in [0.25, 0.3) is 0 Å². The SMILES string of the molecule is CCOC(=O)c1coc(N2C[C@@H](c3ccccc3OC)[C@@H]3[C@H]2C2CCN3CC2)n1. The van der Waals surface area contributed by atoms with E-state index in [1.54, 1.807) is 14.0 Å². The largest absolute Gasteiger partial charge is 0.496 e. The fourth-order valence-electron chi connectivity index (χ4n) is 5.58. The van der Waals surface area contributed by atoms with Crippen LogP contribution in [-0.4, -0.2) is 61.3 Å². The van der Waals surface area contributed by atoms with Crippen molar-refractivity contribution in [2.75, 3.05) is 38.3 Å². The number of piperidine rings is 3. The Bertz CT molecular complexity index is 890. The van der Waals surface area contributed by atoms with E-state index in [1.165, 1.54) is 24.7 Å². The van der Waals surface area contributed by atoms with E-state index in [1.807, 2.05) is 12.1 Å². The molecule has 4 aliphatic rings. The molecule has 2 aromatic rings. The van der Waals surface area contributed by atoms with E-state index < -0.39 is 5.97 Å². The summed E-state index contributed by atoms with van der Waals surface area (Å²) in [5.74, 6) is 1.41. The fraction of sp³-hybridized carbons (Fsp3) is 0.545. The summed E-state index contributed by atoms with van der Waals surface area (Å²) >= 11 is 0. The normalized spacial score (nSPS) is 30.3. The molecule has 154 valence electrons. The molecule has 7 nitrogen and oxygen atoms in total. The van der Waals surface area contributed by atoms with Crippen LogP contribution in [0.3, 0.4) is 0 Å². The molecule has 5 heterocycles. The van der Waals surface area contributed by atoms with Gasteiger partial charge in [0.2, 0.25) is 0 Å². The molecule has 0 aliphatic carbocycles. The molecule has 0 spiro atoms. The van der Waals surface area contributed by atoms with Crippen molar-refractivity contribution in [1.29, 1.82) is 0 Å². The summed E-state index contributed by atoms with van der Waals surface area (Å²) in [5.41, 5.74) is 1.47. The average molecular weight is 397 g/mol. The summed E-state index contributed by atoms with van der Waals surface area (Å²) < 4.78 is 16.5. The number of anilines is 1. The maximum Gasteiger partial charge on any atom is 0.360 e. The molecule has 0 amide bonds. The third-order valence-electron chi connectivity index (χ3n) is 6.76. The molecule has 0 unspecified atom stereocenters. The maximum atomic E-state index is 12.1. The van der Waals surface area contributed by atoms with Crippen LogP contribution in [0.4, 0.5) is 6.01 Å². The summed E-state index contributed by atoms with van der Waals surface area (Å²) in [6.45, 7) is 5.19. The number of hydrogen-bond donors (Lipinski definition) is 0. The third-order valence-corrected chi connectivity index (χ3v) is 6.76. The summed E-state index contributed by atoms with van der Waals surface area (Å²) in [5, 5.41) is 0. The van der Waals surface area contributed by atoms with Crippen molar-refractivity contribution in [3.63, 3.8) is 0 Å². The Kier molecular flexibility index (Phi) is 4.70. The van der Waals surface area contributed by atoms with Crippen molar-refractivity contribution < 1.29 is 18.7 Å². The highest BCUT2D eigenvalue weighted by Gasteiger charge is 2.55. The van der Waals surface area contributed by atoms with Crippen LogP contribution >= 0.6 is 0 Å². The van der Waals surface area contributed by atoms with Crippen LogP contribution in [0.2, 0.25) is 0 Å². The summed E-state index contributed by atoms with van der Waals surface area (Å²) in [4.78, 5) is 21.5. The lowest BCUT2D eigenvalue weighted by Gasteiger charge is -2.50. The number of nitrogens with zero attached hydrogens (tertiary/aromatic N) is 3. The molecule has 4 aliphatic heterocycles. The van der Waals surface area contributed by atoms with Crippen molar-refractivity contribution in [2.24, 2.45) is 5.92 Å². The van der Waals surface area contributed by atoms with Crippen LogP contribution in [0.15, 0.2) is 34.9 Å². The van der Waals surface area contributed by atoms with E-state index >= 15 is 0 Å². The first-order valence-corrected chi connectivity index (χ1v) is 10.5. The standard InChI is InChI=1S/C22H27N3O4/c1-3-28-21(26)17-13-29-22(23-17)25-12-16(15-6-4-5-7-18(15)27-2)20-19(25)14-8-10-24(20)11-9-14/h4-7,13-14,16,19-20H,3,8-12H2,1-2H3/t16-,19+,20+/m0/s1. The first kappa shape index (κ1) is 18.5. The number of carbonyl (C=O) groups excluding carboxylic acids is 1. The second kappa shape index (κ2) is 7.37. The molecule has 29 heavy (non-hydrogen) atoms. The number of hydrogen-bond acceptors (Lipinski definition) is 7. The Labute approximate surface area is 170 Å². The van der Waals surface area contributed by atoms with Gasteiger partial charge in [0.25, 0.3) is 6.01 Å². The van der Waals surface area contributed by atoms with Gasteiger partial charge in [0.1, 0.15) is 12.0 Å². The molecule has 4 saturated heterocycles. The minimum absolute atomic E-state index is 0.236. The number of para-hydroxylation sites is 1. The zero-order valence-electron chi connectivity index (χ0n) is 16.9. The van der Waals surface area contributed by atoms with Gasteiger partial charge >= 0.3 is 5.97 Å². The average Bonchev–Trinajstić information content (AvgIpc) is 3.41. The second-order valence-electron chi connectivity index (χ2n) is 8.09. The zero-order chi connectivity index (χ0) is 20.0. The molecule has 6 rings (SSSR count). The van der Waals surface area contributed by atoms with Gasteiger partial charge in [0, 0.05) is 24.1 Å². The van der Waals surface area contributed by atoms with Gasteiger partial charge in [0.15, 0.2) is 5.69 Å². The van der Waals surface area contributed by atoms with Crippen LogP contribution in [0.1, 0.15) is 41.7 Å². The Balaban J connectivity index is 1.51. The Morgan fingerprint density at radius 2 is 2.03 bits per heavy atom. The van der Waals surface area contributed by atoms with Crippen molar-refractivity contribution in [1.82, 2.24) is 9.88 Å². The van der Waals surface area contributed by atoms with E-state index in [0.29, 0.717) is 36.5 Å².